The molecule has 200 valence electrons. The van der Waals surface area contributed by atoms with Gasteiger partial charge in [-0.25, -0.2) is 4.68 Å². The van der Waals surface area contributed by atoms with Gasteiger partial charge in [-0.2, -0.15) is 18.3 Å². The van der Waals surface area contributed by atoms with Crippen LogP contribution >= 0.6 is 0 Å². The van der Waals surface area contributed by atoms with Crippen molar-refractivity contribution in [2.24, 2.45) is 0 Å². The summed E-state index contributed by atoms with van der Waals surface area (Å²) in [6, 6.07) is 20.4. The molecule has 0 aliphatic rings. The maximum atomic E-state index is 13.7. The number of hydrogen-bond donors (Lipinski definition) is 2. The van der Waals surface area contributed by atoms with Crippen molar-refractivity contribution in [2.75, 3.05) is 12.4 Å². The van der Waals surface area contributed by atoms with Crippen LogP contribution < -0.4 is 10.6 Å². The topological polar surface area (TPSA) is 115 Å². The van der Waals surface area contributed by atoms with Crippen molar-refractivity contribution in [3.8, 4) is 28.2 Å². The van der Waals surface area contributed by atoms with Crippen LogP contribution in [0.15, 0.2) is 91.3 Å². The van der Waals surface area contributed by atoms with E-state index in [1.165, 1.54) is 24.5 Å². The average Bonchev–Trinajstić information content (AvgIpc) is 3.44. The van der Waals surface area contributed by atoms with Gasteiger partial charge >= 0.3 is 6.18 Å². The third-order valence-corrected chi connectivity index (χ3v) is 5.88. The molecular formula is C28H20F3N7O2. The Labute approximate surface area is 225 Å². The van der Waals surface area contributed by atoms with E-state index < -0.39 is 17.8 Å². The van der Waals surface area contributed by atoms with E-state index in [2.05, 4.69) is 30.9 Å². The van der Waals surface area contributed by atoms with Crippen LogP contribution in [0.5, 0.6) is 0 Å². The minimum atomic E-state index is -4.70. The molecule has 2 aromatic carbocycles. The highest BCUT2D eigenvalue weighted by atomic mass is 19.4. The fourth-order valence-corrected chi connectivity index (χ4v) is 3.93. The lowest BCUT2D eigenvalue weighted by Crippen LogP contribution is -2.17. The average molecular weight is 544 g/mol. The Morgan fingerprint density at radius 3 is 2.05 bits per heavy atom. The number of halogens is 3. The van der Waals surface area contributed by atoms with Gasteiger partial charge in [-0.05, 0) is 65.7 Å². The first-order valence-electron chi connectivity index (χ1n) is 11.9. The lowest BCUT2D eigenvalue weighted by atomic mass is 10.0. The molecule has 0 radical (unpaired) electrons. The van der Waals surface area contributed by atoms with Crippen LogP contribution in [0.2, 0.25) is 0 Å². The van der Waals surface area contributed by atoms with E-state index in [0.29, 0.717) is 26.9 Å². The number of nitrogens with zero attached hydrogens (tertiary/aromatic N) is 5. The summed E-state index contributed by atoms with van der Waals surface area (Å²) in [5.41, 5.74) is 1.68. The van der Waals surface area contributed by atoms with Gasteiger partial charge in [-0.3, -0.25) is 14.6 Å². The van der Waals surface area contributed by atoms with E-state index in [9.17, 15) is 22.8 Å². The summed E-state index contributed by atoms with van der Waals surface area (Å²) in [5.74, 6) is -0.878. The predicted octanol–water partition coefficient (Wildman–Crippen LogP) is 5.02. The minimum absolute atomic E-state index is 0.0361. The third-order valence-electron chi connectivity index (χ3n) is 5.88. The highest BCUT2D eigenvalue weighted by molar-refractivity contribution is 6.04. The first-order valence-corrected chi connectivity index (χ1v) is 11.9. The molecule has 9 nitrogen and oxygen atoms in total. The molecule has 2 N–H and O–H groups in total. The Kier molecular flexibility index (Phi) is 7.06. The molecule has 2 amide bonds. The molecule has 0 aliphatic heterocycles. The van der Waals surface area contributed by atoms with Gasteiger partial charge in [0.1, 0.15) is 0 Å². The lowest BCUT2D eigenvalue weighted by molar-refractivity contribution is -0.142. The van der Waals surface area contributed by atoms with Gasteiger partial charge in [-0.15, -0.1) is 10.2 Å². The zero-order valence-corrected chi connectivity index (χ0v) is 20.8. The van der Waals surface area contributed by atoms with Crippen LogP contribution in [0, 0.1) is 0 Å². The van der Waals surface area contributed by atoms with Crippen LogP contribution in [0.4, 0.5) is 19.0 Å². The van der Waals surface area contributed by atoms with E-state index in [1.54, 1.807) is 61.6 Å². The van der Waals surface area contributed by atoms with Crippen molar-refractivity contribution in [1.82, 2.24) is 30.3 Å². The van der Waals surface area contributed by atoms with Crippen LogP contribution in [-0.2, 0) is 6.18 Å². The normalized spacial score (nSPS) is 11.2. The predicted molar refractivity (Wildman–Crippen MR) is 141 cm³/mol. The number of benzene rings is 2. The summed E-state index contributed by atoms with van der Waals surface area (Å²) < 4.78 is 41.9. The van der Waals surface area contributed by atoms with Gasteiger partial charge in [0.2, 0.25) is 0 Å². The molecule has 5 aromatic rings. The zero-order valence-electron chi connectivity index (χ0n) is 20.8. The number of aromatic nitrogens is 5. The van der Waals surface area contributed by atoms with Crippen molar-refractivity contribution >= 4 is 17.6 Å². The Morgan fingerprint density at radius 2 is 1.48 bits per heavy atom. The molecule has 3 heterocycles. The highest BCUT2D eigenvalue weighted by Crippen LogP contribution is 2.33. The number of amides is 2. The zero-order chi connectivity index (χ0) is 28.3. The molecule has 0 saturated carbocycles. The maximum Gasteiger partial charge on any atom is 0.433 e. The quantitative estimate of drug-likeness (QED) is 0.311. The summed E-state index contributed by atoms with van der Waals surface area (Å²) in [6.45, 7) is 0. The van der Waals surface area contributed by atoms with Crippen molar-refractivity contribution < 1.29 is 22.8 Å². The largest absolute Gasteiger partial charge is 0.433 e. The van der Waals surface area contributed by atoms with Gasteiger partial charge in [0.25, 0.3) is 11.8 Å². The Morgan fingerprint density at radius 1 is 0.800 bits per heavy atom. The summed E-state index contributed by atoms with van der Waals surface area (Å²) in [5, 5.41) is 17.0. The molecular weight excluding hydrogens is 523 g/mol. The van der Waals surface area contributed by atoms with E-state index in [-0.39, 0.29) is 23.2 Å². The molecule has 5 rings (SSSR count). The molecule has 40 heavy (non-hydrogen) atoms. The summed E-state index contributed by atoms with van der Waals surface area (Å²) >= 11 is 0. The second kappa shape index (κ2) is 10.8. The number of anilines is 1. The molecule has 0 unspecified atom stereocenters. The molecule has 12 heteroatoms. The smallest absolute Gasteiger partial charge is 0.355 e. The van der Waals surface area contributed by atoms with Crippen LogP contribution in [0.25, 0.3) is 28.2 Å². The first kappa shape index (κ1) is 26.2. The number of rotatable bonds is 6. The number of alkyl halides is 3. The second-order valence-electron chi connectivity index (χ2n) is 8.54. The number of pyridine rings is 1. The molecule has 0 aliphatic carbocycles. The van der Waals surface area contributed by atoms with Crippen LogP contribution in [0.3, 0.4) is 0 Å². The summed E-state index contributed by atoms with van der Waals surface area (Å²) in [4.78, 5) is 28.8. The fourth-order valence-electron chi connectivity index (χ4n) is 3.93. The van der Waals surface area contributed by atoms with E-state index in [4.69, 9.17) is 0 Å². The molecule has 0 saturated heterocycles. The Hall–Kier alpha value is -5.39. The van der Waals surface area contributed by atoms with Gasteiger partial charge in [0, 0.05) is 36.1 Å². The maximum absolute atomic E-state index is 13.7. The number of carbonyl (C=O) groups is 2. The lowest BCUT2D eigenvalue weighted by Gasteiger charge is -2.10. The van der Waals surface area contributed by atoms with E-state index >= 15 is 0 Å². The monoisotopic (exact) mass is 543 g/mol. The van der Waals surface area contributed by atoms with Gasteiger partial charge in [0.15, 0.2) is 17.3 Å². The van der Waals surface area contributed by atoms with Gasteiger partial charge < -0.3 is 10.6 Å². The highest BCUT2D eigenvalue weighted by Gasteiger charge is 2.37. The number of carbonyl (C=O) groups excluding carboxylic acids is 2. The Balaban J connectivity index is 1.37. The molecule has 0 bridgehead atoms. The SMILES string of the molecule is CNC(=O)c1cccc(-c2cccc(C(=O)Nc3ccc(-n4nc(-c5cccnc5)cc4C(F)(F)F)nn3)c2)c1. The van der Waals surface area contributed by atoms with Crippen molar-refractivity contribution in [3.05, 3.63) is 108 Å². The summed E-state index contributed by atoms with van der Waals surface area (Å²) in [6.07, 6.45) is -1.79. The minimum Gasteiger partial charge on any atom is -0.355 e. The fraction of sp³-hybridized carbons (Fsp3) is 0.0714. The molecule has 3 aromatic heterocycles. The Bertz CT molecular complexity index is 1680. The standard InChI is InChI=1S/C28H20F3N7O2/c1-32-26(39)19-7-2-5-17(13-19)18-6-3-8-20(14-18)27(40)34-24-10-11-25(36-35-24)38-23(28(29,30)31)15-22(37-38)21-9-4-12-33-16-21/h2-16H,1H3,(H,32,39)(H,34,35,40). The van der Waals surface area contributed by atoms with Crippen molar-refractivity contribution in [3.63, 3.8) is 0 Å². The van der Waals surface area contributed by atoms with Gasteiger partial charge in [-0.1, -0.05) is 24.3 Å². The van der Waals surface area contributed by atoms with Gasteiger partial charge in [0.05, 0.1) is 5.69 Å². The summed E-state index contributed by atoms with van der Waals surface area (Å²) in [7, 11) is 1.54. The van der Waals surface area contributed by atoms with E-state index in [1.807, 2.05) is 6.07 Å². The van der Waals surface area contributed by atoms with Crippen molar-refractivity contribution in [2.45, 2.75) is 6.18 Å². The second-order valence-corrected chi connectivity index (χ2v) is 8.54. The number of nitrogens with one attached hydrogen (secondary N) is 2. The molecule has 0 spiro atoms. The van der Waals surface area contributed by atoms with Crippen LogP contribution in [-0.4, -0.2) is 43.8 Å². The number of hydrogen-bond acceptors (Lipinski definition) is 6. The molecule has 0 atom stereocenters. The molecule has 0 fully saturated rings. The first-order chi connectivity index (χ1) is 19.2. The van der Waals surface area contributed by atoms with E-state index in [0.717, 1.165) is 11.6 Å². The third kappa shape index (κ3) is 5.55. The van der Waals surface area contributed by atoms with Crippen molar-refractivity contribution in [1.29, 1.82) is 0 Å². The van der Waals surface area contributed by atoms with Crippen LogP contribution in [0.1, 0.15) is 26.4 Å².